The van der Waals surface area contributed by atoms with Gasteiger partial charge in [-0.05, 0) is 12.5 Å². The molecule has 2 aliphatic rings. The topological polar surface area (TPSA) is 37.4 Å². The Morgan fingerprint density at radius 1 is 1.56 bits per heavy atom. The van der Waals surface area contributed by atoms with Gasteiger partial charge in [0.05, 0.1) is 6.10 Å². The number of rotatable bonds is 1. The van der Waals surface area contributed by atoms with Crippen molar-refractivity contribution >= 4 is 5.82 Å². The Morgan fingerprint density at radius 3 is 3.38 bits per heavy atom. The van der Waals surface area contributed by atoms with Gasteiger partial charge in [0.2, 0.25) is 0 Å². The van der Waals surface area contributed by atoms with E-state index in [-0.39, 0.29) is 0 Å². The second kappa shape index (κ2) is 4.03. The van der Waals surface area contributed by atoms with Gasteiger partial charge in [-0.25, -0.2) is 4.98 Å². The largest absolute Gasteiger partial charge is 0.380 e. The highest BCUT2D eigenvalue weighted by Crippen LogP contribution is 2.29. The molecule has 16 heavy (non-hydrogen) atoms. The van der Waals surface area contributed by atoms with Crippen molar-refractivity contribution in [3.63, 3.8) is 0 Å². The monoisotopic (exact) mass is 219 g/mol. The van der Waals surface area contributed by atoms with Crippen molar-refractivity contribution in [1.82, 2.24) is 10.3 Å². The molecule has 1 fully saturated rings. The number of aromatic nitrogens is 1. The Kier molecular flexibility index (Phi) is 2.53. The lowest BCUT2D eigenvalue weighted by molar-refractivity contribution is 0.118. The molecular weight excluding hydrogens is 202 g/mol. The number of anilines is 1. The van der Waals surface area contributed by atoms with Gasteiger partial charge in [0, 0.05) is 44.5 Å². The van der Waals surface area contributed by atoms with Crippen LogP contribution >= 0.6 is 0 Å². The van der Waals surface area contributed by atoms with E-state index in [0.717, 1.165) is 31.9 Å². The first-order chi connectivity index (χ1) is 7.88. The molecule has 3 heterocycles. The average Bonchev–Trinajstić information content (AvgIpc) is 2.66. The first-order valence-electron chi connectivity index (χ1n) is 5.82. The van der Waals surface area contributed by atoms with Gasteiger partial charge in [0.1, 0.15) is 5.82 Å². The van der Waals surface area contributed by atoms with Crippen LogP contribution in [0.15, 0.2) is 18.3 Å². The summed E-state index contributed by atoms with van der Waals surface area (Å²) in [6.07, 6.45) is 3.32. The van der Waals surface area contributed by atoms with E-state index in [1.54, 1.807) is 7.11 Å². The van der Waals surface area contributed by atoms with Crippen LogP contribution in [-0.2, 0) is 11.3 Å². The van der Waals surface area contributed by atoms with Crippen LogP contribution in [0.25, 0.3) is 0 Å². The van der Waals surface area contributed by atoms with Gasteiger partial charge in [-0.3, -0.25) is 0 Å². The number of nitrogens with one attached hydrogen (secondary N) is 1. The Balaban J connectivity index is 1.95. The van der Waals surface area contributed by atoms with Gasteiger partial charge >= 0.3 is 0 Å². The van der Waals surface area contributed by atoms with Gasteiger partial charge in [-0.15, -0.1) is 0 Å². The van der Waals surface area contributed by atoms with E-state index < -0.39 is 0 Å². The van der Waals surface area contributed by atoms with E-state index in [0.29, 0.717) is 12.1 Å². The summed E-state index contributed by atoms with van der Waals surface area (Å²) in [5.41, 5.74) is 1.29. The molecule has 4 nitrogen and oxygen atoms in total. The molecule has 0 radical (unpaired) electrons. The van der Waals surface area contributed by atoms with Crippen molar-refractivity contribution in [2.45, 2.75) is 25.1 Å². The van der Waals surface area contributed by atoms with Gasteiger partial charge in [-0.1, -0.05) is 6.07 Å². The molecular formula is C12H17N3O. The predicted molar refractivity (Wildman–Crippen MR) is 62.5 cm³/mol. The van der Waals surface area contributed by atoms with Crippen molar-refractivity contribution in [2.24, 2.45) is 0 Å². The van der Waals surface area contributed by atoms with E-state index in [2.05, 4.69) is 21.3 Å². The Morgan fingerprint density at radius 2 is 2.50 bits per heavy atom. The third-order valence-electron chi connectivity index (χ3n) is 3.54. The Bertz CT molecular complexity index is 382. The van der Waals surface area contributed by atoms with Crippen molar-refractivity contribution in [2.75, 3.05) is 25.1 Å². The van der Waals surface area contributed by atoms with Crippen molar-refractivity contribution in [3.05, 3.63) is 23.9 Å². The lowest BCUT2D eigenvalue weighted by atomic mass is 10.2. The minimum atomic E-state index is 0.347. The molecule has 0 amide bonds. The van der Waals surface area contributed by atoms with Crippen molar-refractivity contribution in [1.29, 1.82) is 0 Å². The summed E-state index contributed by atoms with van der Waals surface area (Å²) in [4.78, 5) is 6.91. The van der Waals surface area contributed by atoms with E-state index in [9.17, 15) is 0 Å². The fraction of sp³-hybridized carbons (Fsp3) is 0.583. The van der Waals surface area contributed by atoms with E-state index >= 15 is 0 Å². The van der Waals surface area contributed by atoms with Crippen LogP contribution in [0.1, 0.15) is 12.0 Å². The van der Waals surface area contributed by atoms with Crippen molar-refractivity contribution in [3.8, 4) is 0 Å². The van der Waals surface area contributed by atoms with Crippen LogP contribution < -0.4 is 10.2 Å². The number of fused-ring (bicyclic) bond motifs is 3. The quantitative estimate of drug-likeness (QED) is 0.757. The maximum atomic E-state index is 5.46. The second-order valence-electron chi connectivity index (χ2n) is 4.52. The van der Waals surface area contributed by atoms with Gasteiger partial charge in [0.25, 0.3) is 0 Å². The number of ether oxygens (including phenoxy) is 1. The molecule has 0 saturated carbocycles. The maximum absolute atomic E-state index is 5.46. The predicted octanol–water partition coefficient (Wildman–Crippen LogP) is 0.778. The normalized spacial score (nSPS) is 28.4. The Hall–Kier alpha value is -1.13. The summed E-state index contributed by atoms with van der Waals surface area (Å²) in [7, 11) is 1.80. The lowest BCUT2D eigenvalue weighted by Gasteiger charge is -2.23. The molecule has 2 atom stereocenters. The summed E-state index contributed by atoms with van der Waals surface area (Å²) in [6, 6.07) is 4.68. The van der Waals surface area contributed by atoms with Crippen LogP contribution in [0.2, 0.25) is 0 Å². The molecule has 4 heteroatoms. The van der Waals surface area contributed by atoms with Gasteiger partial charge in [0.15, 0.2) is 0 Å². The number of pyridine rings is 1. The molecule has 0 aliphatic carbocycles. The smallest absolute Gasteiger partial charge is 0.133 e. The minimum Gasteiger partial charge on any atom is -0.380 e. The molecule has 1 aromatic rings. The fourth-order valence-corrected chi connectivity index (χ4v) is 2.70. The van der Waals surface area contributed by atoms with Crippen molar-refractivity contribution < 1.29 is 4.74 Å². The zero-order valence-electron chi connectivity index (χ0n) is 9.52. The highest BCUT2D eigenvalue weighted by molar-refractivity contribution is 5.50. The van der Waals surface area contributed by atoms with Crippen LogP contribution in [-0.4, -0.2) is 37.3 Å². The molecule has 1 saturated heterocycles. The summed E-state index contributed by atoms with van der Waals surface area (Å²) in [5, 5.41) is 3.48. The highest BCUT2D eigenvalue weighted by atomic mass is 16.5. The summed E-state index contributed by atoms with van der Waals surface area (Å²) >= 11 is 0. The first-order valence-corrected chi connectivity index (χ1v) is 5.82. The summed E-state index contributed by atoms with van der Waals surface area (Å²) < 4.78 is 5.46. The van der Waals surface area contributed by atoms with Crippen LogP contribution in [0.4, 0.5) is 5.82 Å². The molecule has 0 bridgehead atoms. The lowest BCUT2D eigenvalue weighted by Crippen LogP contribution is -2.35. The van der Waals surface area contributed by atoms with E-state index in [1.165, 1.54) is 5.56 Å². The number of nitrogens with zero attached hydrogens (tertiary/aromatic N) is 2. The average molecular weight is 219 g/mol. The summed E-state index contributed by atoms with van der Waals surface area (Å²) in [5.74, 6) is 1.14. The highest BCUT2D eigenvalue weighted by Gasteiger charge is 2.35. The van der Waals surface area contributed by atoms with Crippen LogP contribution in [0.5, 0.6) is 0 Å². The number of hydrogen-bond donors (Lipinski definition) is 1. The summed E-state index contributed by atoms with van der Waals surface area (Å²) in [6.45, 7) is 2.91. The van der Waals surface area contributed by atoms with E-state index in [1.807, 2.05) is 12.3 Å². The Labute approximate surface area is 95.6 Å². The van der Waals surface area contributed by atoms with E-state index in [4.69, 9.17) is 4.74 Å². The molecule has 0 aromatic carbocycles. The molecule has 3 rings (SSSR count). The second-order valence-corrected chi connectivity index (χ2v) is 4.52. The zero-order valence-corrected chi connectivity index (χ0v) is 9.52. The molecule has 1 aromatic heterocycles. The number of hydrogen-bond acceptors (Lipinski definition) is 4. The first kappa shape index (κ1) is 10.1. The SMILES string of the molecule is COC1CC2CNCc3cccnc3N2C1. The zero-order chi connectivity index (χ0) is 11.0. The third kappa shape index (κ3) is 1.58. The number of methoxy groups -OCH3 is 1. The molecule has 86 valence electrons. The molecule has 0 spiro atoms. The van der Waals surface area contributed by atoms with Crippen LogP contribution in [0.3, 0.4) is 0 Å². The molecule has 2 unspecified atom stereocenters. The van der Waals surface area contributed by atoms with Gasteiger partial charge < -0.3 is 15.0 Å². The van der Waals surface area contributed by atoms with Gasteiger partial charge in [-0.2, -0.15) is 0 Å². The maximum Gasteiger partial charge on any atom is 0.133 e. The molecule has 2 aliphatic heterocycles. The fourth-order valence-electron chi connectivity index (χ4n) is 2.70. The minimum absolute atomic E-state index is 0.347. The van der Waals surface area contributed by atoms with Crippen LogP contribution in [0, 0.1) is 0 Å². The molecule has 1 N–H and O–H groups in total. The third-order valence-corrected chi connectivity index (χ3v) is 3.54. The standard InChI is InChI=1S/C12H17N3O/c1-16-11-5-10-7-13-6-9-3-2-4-14-12(9)15(10)8-11/h2-4,10-11,13H,5-8H2,1H3.